The molecule has 0 aliphatic rings. The fourth-order valence-corrected chi connectivity index (χ4v) is 4.82. The number of thioether (sulfide) groups is 1. The maximum absolute atomic E-state index is 12.8. The van der Waals surface area contributed by atoms with Crippen LogP contribution >= 0.6 is 34.7 Å². The van der Waals surface area contributed by atoms with Crippen molar-refractivity contribution in [1.82, 2.24) is 19.7 Å². The molecule has 0 aliphatic heterocycles. The molecule has 0 aliphatic carbocycles. The number of rotatable bonds is 10. The summed E-state index contributed by atoms with van der Waals surface area (Å²) in [5.41, 5.74) is 0.924. The van der Waals surface area contributed by atoms with Crippen LogP contribution in [0.3, 0.4) is 0 Å². The number of carbonyl (C=O) groups excluding carboxylic acids is 1. The van der Waals surface area contributed by atoms with E-state index in [1.165, 1.54) is 23.1 Å². The largest absolute Gasteiger partial charge is 0.497 e. The Kier molecular flexibility index (Phi) is 7.95. The predicted molar refractivity (Wildman–Crippen MR) is 123 cm³/mol. The molecule has 158 valence electrons. The zero-order chi connectivity index (χ0) is 21.5. The summed E-state index contributed by atoms with van der Waals surface area (Å²) in [4.78, 5) is 15.6. The molecule has 0 bridgehead atoms. The van der Waals surface area contributed by atoms with Gasteiger partial charge in [0.2, 0.25) is 5.91 Å². The summed E-state index contributed by atoms with van der Waals surface area (Å²) in [5, 5.41) is 9.33. The zero-order valence-corrected chi connectivity index (χ0v) is 19.3. The van der Waals surface area contributed by atoms with Crippen molar-refractivity contribution in [3.8, 4) is 17.1 Å². The van der Waals surface area contributed by atoms with Crippen molar-refractivity contribution >= 4 is 40.6 Å². The first-order valence-corrected chi connectivity index (χ1v) is 11.6. The average Bonchev–Trinajstić information content (AvgIpc) is 3.36. The summed E-state index contributed by atoms with van der Waals surface area (Å²) in [6.07, 6.45) is 1.79. The molecular weight excluding hydrogens is 440 g/mol. The lowest BCUT2D eigenvalue weighted by molar-refractivity contribution is -0.128. The van der Waals surface area contributed by atoms with Crippen LogP contribution in [-0.2, 0) is 17.9 Å². The molecule has 0 saturated carbocycles. The van der Waals surface area contributed by atoms with Gasteiger partial charge in [0.15, 0.2) is 11.0 Å². The minimum Gasteiger partial charge on any atom is -0.497 e. The van der Waals surface area contributed by atoms with Crippen molar-refractivity contribution in [3.05, 3.63) is 58.3 Å². The number of hydrogen-bond acceptors (Lipinski definition) is 6. The van der Waals surface area contributed by atoms with E-state index < -0.39 is 0 Å². The molecule has 3 rings (SSSR count). The monoisotopic (exact) mass is 462 g/mol. The third-order valence-corrected chi connectivity index (χ3v) is 6.58. The number of ether oxygens (including phenoxy) is 1. The molecule has 0 radical (unpaired) electrons. The number of aromatic nitrogens is 3. The Morgan fingerprint density at radius 2 is 2.07 bits per heavy atom. The van der Waals surface area contributed by atoms with E-state index in [2.05, 4.69) is 16.8 Å². The van der Waals surface area contributed by atoms with Crippen molar-refractivity contribution in [1.29, 1.82) is 0 Å². The number of allylic oxidation sites excluding steroid dienone is 1. The minimum absolute atomic E-state index is 0.0474. The lowest BCUT2D eigenvalue weighted by Crippen LogP contribution is -2.31. The van der Waals surface area contributed by atoms with Crippen molar-refractivity contribution < 1.29 is 9.53 Å². The Balaban J connectivity index is 1.71. The topological polar surface area (TPSA) is 60.2 Å². The molecule has 3 aromatic rings. The Morgan fingerprint density at radius 1 is 1.30 bits per heavy atom. The third kappa shape index (κ3) is 5.44. The highest BCUT2D eigenvalue weighted by molar-refractivity contribution is 7.99. The fourth-order valence-electron chi connectivity index (χ4n) is 2.86. The van der Waals surface area contributed by atoms with Gasteiger partial charge < -0.3 is 9.64 Å². The standard InChI is InChI=1S/C21H23ClN4O2S2/c1-4-12-26-20(15-6-8-16(28-3)9-7-15)23-24-21(26)29-14-19(27)25(5-2)13-17-10-11-18(22)30-17/h4,6-11H,1,5,12-14H2,2-3H3. The molecule has 0 unspecified atom stereocenters. The quantitative estimate of drug-likeness (QED) is 0.313. The van der Waals surface area contributed by atoms with Crippen LogP contribution in [-0.4, -0.2) is 45.0 Å². The summed E-state index contributed by atoms with van der Waals surface area (Å²) in [7, 11) is 1.63. The Hall–Kier alpha value is -2.29. The molecule has 1 aromatic carbocycles. The number of amides is 1. The van der Waals surface area contributed by atoms with Crippen molar-refractivity contribution in [3.63, 3.8) is 0 Å². The first-order chi connectivity index (χ1) is 14.5. The average molecular weight is 463 g/mol. The molecule has 30 heavy (non-hydrogen) atoms. The Labute approximate surface area is 189 Å². The van der Waals surface area contributed by atoms with E-state index in [1.54, 1.807) is 13.2 Å². The van der Waals surface area contributed by atoms with E-state index in [4.69, 9.17) is 16.3 Å². The summed E-state index contributed by atoms with van der Waals surface area (Å²) in [6.45, 7) is 7.55. The van der Waals surface area contributed by atoms with Gasteiger partial charge in [0, 0.05) is 23.5 Å². The molecule has 0 N–H and O–H groups in total. The molecule has 2 aromatic heterocycles. The van der Waals surface area contributed by atoms with E-state index in [-0.39, 0.29) is 11.7 Å². The number of thiophene rings is 1. The first kappa shape index (κ1) is 22.4. The van der Waals surface area contributed by atoms with Crippen molar-refractivity contribution in [2.24, 2.45) is 0 Å². The molecule has 0 atom stereocenters. The van der Waals surface area contributed by atoms with Gasteiger partial charge in [0.25, 0.3) is 0 Å². The van der Waals surface area contributed by atoms with Gasteiger partial charge in [-0.3, -0.25) is 9.36 Å². The van der Waals surface area contributed by atoms with Crippen LogP contribution in [0.1, 0.15) is 11.8 Å². The van der Waals surface area contributed by atoms with Crippen LogP contribution in [0.5, 0.6) is 5.75 Å². The molecule has 6 nitrogen and oxygen atoms in total. The van der Waals surface area contributed by atoms with Crippen LogP contribution in [0.4, 0.5) is 0 Å². The summed E-state index contributed by atoms with van der Waals surface area (Å²) in [5.74, 6) is 1.84. The molecule has 9 heteroatoms. The highest BCUT2D eigenvalue weighted by Gasteiger charge is 2.18. The number of nitrogens with zero attached hydrogens (tertiary/aromatic N) is 4. The number of benzene rings is 1. The van der Waals surface area contributed by atoms with E-state index in [1.807, 2.05) is 52.8 Å². The first-order valence-electron chi connectivity index (χ1n) is 9.39. The highest BCUT2D eigenvalue weighted by Crippen LogP contribution is 2.27. The minimum atomic E-state index is 0.0474. The number of carbonyl (C=O) groups is 1. The van der Waals surface area contributed by atoms with Crippen LogP contribution in [0.2, 0.25) is 4.34 Å². The van der Waals surface area contributed by atoms with E-state index in [0.717, 1.165) is 26.4 Å². The maximum atomic E-state index is 12.8. The van der Waals surface area contributed by atoms with Crippen LogP contribution in [0, 0.1) is 0 Å². The van der Waals surface area contributed by atoms with E-state index in [9.17, 15) is 4.79 Å². The van der Waals surface area contributed by atoms with Gasteiger partial charge in [-0.15, -0.1) is 28.1 Å². The fraction of sp³-hybridized carbons (Fsp3) is 0.286. The second-order valence-electron chi connectivity index (χ2n) is 6.34. The van der Waals surface area contributed by atoms with Crippen molar-refractivity contribution in [2.75, 3.05) is 19.4 Å². The Morgan fingerprint density at radius 3 is 2.67 bits per heavy atom. The second-order valence-corrected chi connectivity index (χ2v) is 9.08. The summed E-state index contributed by atoms with van der Waals surface area (Å²) < 4.78 is 7.91. The van der Waals surface area contributed by atoms with E-state index in [0.29, 0.717) is 24.8 Å². The second kappa shape index (κ2) is 10.7. The van der Waals surface area contributed by atoms with Crippen LogP contribution in [0.15, 0.2) is 54.2 Å². The van der Waals surface area contributed by atoms with E-state index >= 15 is 0 Å². The van der Waals surface area contributed by atoms with Gasteiger partial charge in [0.1, 0.15) is 5.75 Å². The molecule has 0 fully saturated rings. The highest BCUT2D eigenvalue weighted by atomic mass is 35.5. The summed E-state index contributed by atoms with van der Waals surface area (Å²) in [6, 6.07) is 11.5. The number of methoxy groups -OCH3 is 1. The lowest BCUT2D eigenvalue weighted by Gasteiger charge is -2.19. The van der Waals surface area contributed by atoms with Crippen molar-refractivity contribution in [2.45, 2.75) is 25.2 Å². The molecule has 1 amide bonds. The molecular formula is C21H23ClN4O2S2. The van der Waals surface area contributed by atoms with Gasteiger partial charge in [-0.1, -0.05) is 29.4 Å². The molecule has 0 saturated heterocycles. The van der Waals surface area contributed by atoms with Gasteiger partial charge in [-0.2, -0.15) is 0 Å². The van der Waals surface area contributed by atoms with Crippen LogP contribution in [0.25, 0.3) is 11.4 Å². The summed E-state index contributed by atoms with van der Waals surface area (Å²) >= 11 is 8.88. The number of hydrogen-bond donors (Lipinski definition) is 0. The maximum Gasteiger partial charge on any atom is 0.233 e. The van der Waals surface area contributed by atoms with Gasteiger partial charge in [0.05, 0.1) is 23.7 Å². The van der Waals surface area contributed by atoms with Gasteiger partial charge >= 0.3 is 0 Å². The lowest BCUT2D eigenvalue weighted by atomic mass is 10.2. The predicted octanol–water partition coefficient (Wildman–Crippen LogP) is 5.00. The molecule has 0 spiro atoms. The van der Waals surface area contributed by atoms with Crippen LogP contribution < -0.4 is 4.74 Å². The zero-order valence-electron chi connectivity index (χ0n) is 16.9. The SMILES string of the molecule is C=CCn1c(SCC(=O)N(CC)Cc2ccc(Cl)s2)nnc1-c1ccc(OC)cc1. The van der Waals surface area contributed by atoms with Gasteiger partial charge in [-0.05, 0) is 43.3 Å². The Bertz CT molecular complexity index is 1000. The van der Waals surface area contributed by atoms with Gasteiger partial charge in [-0.25, -0.2) is 0 Å². The number of halogens is 1. The third-order valence-electron chi connectivity index (χ3n) is 4.41. The normalized spacial score (nSPS) is 10.8. The molecule has 2 heterocycles. The smallest absolute Gasteiger partial charge is 0.233 e.